The van der Waals surface area contributed by atoms with Crippen LogP contribution in [0.1, 0.15) is 37.0 Å². The van der Waals surface area contributed by atoms with E-state index >= 15 is 0 Å². The molecule has 0 heterocycles. The summed E-state index contributed by atoms with van der Waals surface area (Å²) < 4.78 is 11.8. The van der Waals surface area contributed by atoms with Gasteiger partial charge < -0.3 is 14.8 Å². The minimum absolute atomic E-state index is 0. The van der Waals surface area contributed by atoms with Gasteiger partial charge in [0, 0.05) is 18.7 Å². The standard InChI is InChI=1S/C25H31NO2.ClH/c1-19(2)27-16-6-15-26-17-24-23-8-5-4-7-22(23)13-14-25(24)28-18-21-11-9-20(3)10-12-21;/h4-5,7-14,19,26H,6,15-18H2,1-3H3;1H. The molecule has 0 atom stereocenters. The third-order valence-corrected chi connectivity index (χ3v) is 4.76. The lowest BCUT2D eigenvalue weighted by atomic mass is 10.0. The number of rotatable bonds is 10. The Bertz CT molecular complexity index is 878. The van der Waals surface area contributed by atoms with Gasteiger partial charge in [-0.2, -0.15) is 0 Å². The second-order valence-corrected chi connectivity index (χ2v) is 7.49. The van der Waals surface area contributed by atoms with Gasteiger partial charge in [-0.15, -0.1) is 12.4 Å². The number of aryl methyl sites for hydroxylation is 1. The van der Waals surface area contributed by atoms with Crippen molar-refractivity contribution in [1.82, 2.24) is 5.32 Å². The van der Waals surface area contributed by atoms with E-state index in [0.29, 0.717) is 12.7 Å². The Morgan fingerprint density at radius 2 is 1.69 bits per heavy atom. The first kappa shape index (κ1) is 23.2. The first-order valence-corrected chi connectivity index (χ1v) is 10.1. The summed E-state index contributed by atoms with van der Waals surface area (Å²) in [6, 6.07) is 21.2. The molecule has 0 spiro atoms. The zero-order chi connectivity index (χ0) is 19.8. The predicted molar refractivity (Wildman–Crippen MR) is 124 cm³/mol. The molecule has 0 saturated heterocycles. The number of fused-ring (bicyclic) bond motifs is 1. The zero-order valence-electron chi connectivity index (χ0n) is 17.6. The van der Waals surface area contributed by atoms with Crippen LogP contribution in [0.2, 0.25) is 0 Å². The van der Waals surface area contributed by atoms with Crippen LogP contribution in [0.15, 0.2) is 60.7 Å². The van der Waals surface area contributed by atoms with Crippen molar-refractivity contribution in [2.24, 2.45) is 0 Å². The van der Waals surface area contributed by atoms with Crippen LogP contribution >= 0.6 is 12.4 Å². The maximum Gasteiger partial charge on any atom is 0.124 e. The molecule has 4 heteroatoms. The highest BCUT2D eigenvalue weighted by molar-refractivity contribution is 5.87. The second-order valence-electron chi connectivity index (χ2n) is 7.49. The molecule has 0 amide bonds. The number of benzene rings is 3. The molecular weight excluding hydrogens is 382 g/mol. The van der Waals surface area contributed by atoms with Crippen molar-refractivity contribution in [1.29, 1.82) is 0 Å². The van der Waals surface area contributed by atoms with E-state index in [4.69, 9.17) is 9.47 Å². The molecule has 3 aromatic rings. The molecule has 3 nitrogen and oxygen atoms in total. The van der Waals surface area contributed by atoms with Gasteiger partial charge in [-0.25, -0.2) is 0 Å². The van der Waals surface area contributed by atoms with E-state index in [1.807, 2.05) is 0 Å². The van der Waals surface area contributed by atoms with Crippen LogP contribution in [0.3, 0.4) is 0 Å². The van der Waals surface area contributed by atoms with Crippen molar-refractivity contribution in [3.8, 4) is 5.75 Å². The van der Waals surface area contributed by atoms with Crippen LogP contribution in [0.4, 0.5) is 0 Å². The number of halogens is 1. The Morgan fingerprint density at radius 1 is 0.931 bits per heavy atom. The highest BCUT2D eigenvalue weighted by Gasteiger charge is 2.09. The molecule has 3 rings (SSSR count). The van der Waals surface area contributed by atoms with Crippen molar-refractivity contribution in [2.45, 2.75) is 46.4 Å². The first-order valence-electron chi connectivity index (χ1n) is 10.1. The lowest BCUT2D eigenvalue weighted by Crippen LogP contribution is -2.18. The Labute approximate surface area is 180 Å². The van der Waals surface area contributed by atoms with Crippen molar-refractivity contribution < 1.29 is 9.47 Å². The molecular formula is C25H32ClNO2. The summed E-state index contributed by atoms with van der Waals surface area (Å²) in [4.78, 5) is 0. The Hall–Kier alpha value is -2.07. The molecule has 0 unspecified atom stereocenters. The molecule has 0 aliphatic rings. The number of hydrogen-bond donors (Lipinski definition) is 1. The van der Waals surface area contributed by atoms with Crippen molar-refractivity contribution in [3.05, 3.63) is 77.4 Å². The summed E-state index contributed by atoms with van der Waals surface area (Å²) in [7, 11) is 0. The molecule has 0 aliphatic carbocycles. The topological polar surface area (TPSA) is 30.5 Å². The Balaban J connectivity index is 0.00000300. The third-order valence-electron chi connectivity index (χ3n) is 4.76. The van der Waals surface area contributed by atoms with Gasteiger partial charge in [-0.3, -0.25) is 0 Å². The van der Waals surface area contributed by atoms with Crippen LogP contribution in [-0.4, -0.2) is 19.3 Å². The number of ether oxygens (including phenoxy) is 2. The smallest absolute Gasteiger partial charge is 0.124 e. The van der Waals surface area contributed by atoms with E-state index in [-0.39, 0.29) is 12.4 Å². The van der Waals surface area contributed by atoms with Gasteiger partial charge in [-0.05, 0) is 56.1 Å². The van der Waals surface area contributed by atoms with Gasteiger partial charge in [0.1, 0.15) is 12.4 Å². The summed E-state index contributed by atoms with van der Waals surface area (Å²) in [6.45, 7) is 9.32. The van der Waals surface area contributed by atoms with Gasteiger partial charge in [0.05, 0.1) is 6.10 Å². The summed E-state index contributed by atoms with van der Waals surface area (Å²) in [5, 5.41) is 6.04. The highest BCUT2D eigenvalue weighted by atomic mass is 35.5. The Morgan fingerprint density at radius 3 is 2.45 bits per heavy atom. The average molecular weight is 414 g/mol. The number of hydrogen-bond acceptors (Lipinski definition) is 3. The molecule has 29 heavy (non-hydrogen) atoms. The zero-order valence-corrected chi connectivity index (χ0v) is 18.4. The highest BCUT2D eigenvalue weighted by Crippen LogP contribution is 2.28. The number of nitrogens with one attached hydrogen (secondary N) is 1. The van der Waals surface area contributed by atoms with Crippen LogP contribution in [0.5, 0.6) is 5.75 Å². The molecule has 0 saturated carbocycles. The van der Waals surface area contributed by atoms with Gasteiger partial charge in [0.15, 0.2) is 0 Å². The minimum Gasteiger partial charge on any atom is -0.489 e. The quantitative estimate of drug-likeness (QED) is 0.410. The summed E-state index contributed by atoms with van der Waals surface area (Å²) in [5.41, 5.74) is 3.67. The summed E-state index contributed by atoms with van der Waals surface area (Å²) in [5.74, 6) is 0.949. The molecule has 0 aliphatic heterocycles. The van der Waals surface area contributed by atoms with Crippen molar-refractivity contribution in [2.75, 3.05) is 13.2 Å². The van der Waals surface area contributed by atoms with E-state index in [0.717, 1.165) is 31.9 Å². The van der Waals surface area contributed by atoms with E-state index in [1.165, 1.54) is 27.5 Å². The molecule has 0 radical (unpaired) electrons. The first-order chi connectivity index (χ1) is 13.6. The molecule has 0 bridgehead atoms. The van der Waals surface area contributed by atoms with Crippen LogP contribution < -0.4 is 10.1 Å². The summed E-state index contributed by atoms with van der Waals surface area (Å²) >= 11 is 0. The normalized spacial score (nSPS) is 10.9. The fourth-order valence-electron chi connectivity index (χ4n) is 3.21. The average Bonchev–Trinajstić information content (AvgIpc) is 2.70. The van der Waals surface area contributed by atoms with Crippen molar-refractivity contribution in [3.63, 3.8) is 0 Å². The van der Waals surface area contributed by atoms with E-state index in [2.05, 4.69) is 86.8 Å². The van der Waals surface area contributed by atoms with Gasteiger partial charge in [-0.1, -0.05) is 60.2 Å². The third kappa shape index (κ3) is 7.04. The van der Waals surface area contributed by atoms with Gasteiger partial charge >= 0.3 is 0 Å². The van der Waals surface area contributed by atoms with Crippen LogP contribution in [-0.2, 0) is 17.9 Å². The lowest BCUT2D eigenvalue weighted by Gasteiger charge is -2.15. The monoisotopic (exact) mass is 413 g/mol. The van der Waals surface area contributed by atoms with Gasteiger partial charge in [0.2, 0.25) is 0 Å². The second kappa shape index (κ2) is 11.8. The van der Waals surface area contributed by atoms with E-state index in [1.54, 1.807) is 0 Å². The lowest BCUT2D eigenvalue weighted by molar-refractivity contribution is 0.0770. The minimum atomic E-state index is 0. The largest absolute Gasteiger partial charge is 0.489 e. The molecule has 0 aromatic heterocycles. The summed E-state index contributed by atoms with van der Waals surface area (Å²) in [6.07, 6.45) is 1.29. The van der Waals surface area contributed by atoms with Crippen LogP contribution in [0.25, 0.3) is 10.8 Å². The molecule has 156 valence electrons. The predicted octanol–water partition coefficient (Wildman–Crippen LogP) is 6.05. The molecule has 3 aromatic carbocycles. The van der Waals surface area contributed by atoms with Crippen LogP contribution in [0, 0.1) is 6.92 Å². The fraction of sp³-hybridized carbons (Fsp3) is 0.360. The fourth-order valence-corrected chi connectivity index (χ4v) is 3.21. The molecule has 1 N–H and O–H groups in total. The molecule has 0 fully saturated rings. The van der Waals surface area contributed by atoms with Gasteiger partial charge in [0.25, 0.3) is 0 Å². The van der Waals surface area contributed by atoms with E-state index in [9.17, 15) is 0 Å². The van der Waals surface area contributed by atoms with E-state index < -0.39 is 0 Å². The SMILES string of the molecule is Cc1ccc(COc2ccc3ccccc3c2CNCCCOC(C)C)cc1.Cl. The Kier molecular flexibility index (Phi) is 9.46. The maximum atomic E-state index is 6.22. The van der Waals surface area contributed by atoms with Crippen molar-refractivity contribution >= 4 is 23.2 Å². The maximum absolute atomic E-state index is 6.22.